The second-order valence-corrected chi connectivity index (χ2v) is 17.4. The van der Waals surface area contributed by atoms with Crippen molar-refractivity contribution in [1.29, 1.82) is 0 Å². The molecule has 3 N–H and O–H groups in total. The number of nitrogens with one attached hydrogen (secondary N) is 2. The number of hydrogen-bond acceptors (Lipinski definition) is 12. The van der Waals surface area contributed by atoms with E-state index in [9.17, 15) is 17.7 Å². The SMILES string of the molecule is CCc1c(N2CCC(N3CCN(C)CC3)CC2)cc(OC)c(Nc2ncc(Br)c(Nc3ccc4nccnc4c3P(C)(C)=O)n2)c1F.O=C(O)C(F)(F)F. The van der Waals surface area contributed by atoms with Crippen LogP contribution in [0.1, 0.15) is 25.3 Å². The molecule has 0 saturated carbocycles. The quantitative estimate of drug-likeness (QED) is 0.125. The van der Waals surface area contributed by atoms with Gasteiger partial charge in [0.05, 0.1) is 28.1 Å². The maximum Gasteiger partial charge on any atom is 0.490 e. The third-order valence-electron chi connectivity index (χ3n) is 9.37. The number of likely N-dealkylation sites (N-methyl/N-ethyl adjacent to an activating group) is 1. The highest BCUT2D eigenvalue weighted by molar-refractivity contribution is 9.10. The lowest BCUT2D eigenvalue weighted by Gasteiger charge is -2.43. The third kappa shape index (κ3) is 9.57. The molecule has 2 fully saturated rings. The van der Waals surface area contributed by atoms with Crippen LogP contribution < -0.4 is 25.6 Å². The van der Waals surface area contributed by atoms with Gasteiger partial charge in [0.1, 0.15) is 29.9 Å². The monoisotopic (exact) mass is 839 g/mol. The number of methoxy groups -OCH3 is 1. The average Bonchev–Trinajstić information content (AvgIpc) is 3.13. The van der Waals surface area contributed by atoms with Crippen LogP contribution >= 0.6 is 23.1 Å². The van der Waals surface area contributed by atoms with Crippen molar-refractivity contribution < 1.29 is 36.8 Å². The van der Waals surface area contributed by atoms with E-state index in [1.54, 1.807) is 39.0 Å². The molecular weight excluding hydrogens is 797 g/mol. The van der Waals surface area contributed by atoms with Gasteiger partial charge in [-0.1, -0.05) is 6.92 Å². The minimum absolute atomic E-state index is 0.175. The second kappa shape index (κ2) is 17.1. The standard InChI is InChI=1S/C33H42BrFN9O2P.C2HF3O2/c1-6-22-26(44-13-9-21(10-14-44)43-17-15-42(2)16-18-43)19-27(46-3)30(28(22)35)40-33-38-20-23(34)32(41-33)39-25-8-7-24-29(37-12-11-36-24)31(25)47(4,5)45;3-2(4,5)1(6)7/h7-8,11-12,19-21H,6,9-10,13-18H2,1-5H3,(H2,38,39,40,41);(H,6,7). The fraction of sp³-hybridized carbons (Fsp3) is 0.457. The summed E-state index contributed by atoms with van der Waals surface area (Å²) in [6.07, 6.45) is 2.32. The summed E-state index contributed by atoms with van der Waals surface area (Å²) in [5, 5.41) is 14.1. The first-order valence-corrected chi connectivity index (χ1v) is 20.6. The number of nitrogens with zero attached hydrogens (tertiary/aromatic N) is 7. The number of carbonyl (C=O) groups is 1. The second-order valence-electron chi connectivity index (χ2n) is 13.4. The molecule has 19 heteroatoms. The van der Waals surface area contributed by atoms with Crippen LogP contribution in [0, 0.1) is 5.82 Å². The molecule has 2 aliphatic rings. The lowest BCUT2D eigenvalue weighted by molar-refractivity contribution is -0.192. The molecule has 4 heterocycles. The molecule has 6 rings (SSSR count). The van der Waals surface area contributed by atoms with Gasteiger partial charge in [-0.3, -0.25) is 14.9 Å². The first-order valence-electron chi connectivity index (χ1n) is 17.2. The minimum Gasteiger partial charge on any atom is -0.494 e. The van der Waals surface area contributed by atoms with Gasteiger partial charge in [0.2, 0.25) is 5.95 Å². The van der Waals surface area contributed by atoms with E-state index in [0.717, 1.165) is 57.8 Å². The van der Waals surface area contributed by atoms with E-state index in [2.05, 4.69) is 68.2 Å². The Morgan fingerprint density at radius 3 is 2.30 bits per heavy atom. The Morgan fingerprint density at radius 2 is 1.70 bits per heavy atom. The van der Waals surface area contributed by atoms with Crippen molar-refractivity contribution in [1.82, 2.24) is 29.7 Å². The van der Waals surface area contributed by atoms with Crippen LogP contribution in [-0.4, -0.2) is 120 Å². The van der Waals surface area contributed by atoms with Crippen LogP contribution in [0.25, 0.3) is 11.0 Å². The van der Waals surface area contributed by atoms with Gasteiger partial charge >= 0.3 is 12.1 Å². The molecule has 2 aliphatic heterocycles. The first-order chi connectivity index (χ1) is 25.5. The van der Waals surface area contributed by atoms with Gasteiger partial charge in [-0.15, -0.1) is 0 Å². The van der Waals surface area contributed by atoms with Crippen molar-refractivity contribution in [3.05, 3.63) is 52.6 Å². The van der Waals surface area contributed by atoms with Crippen molar-refractivity contribution in [2.24, 2.45) is 0 Å². The number of carboxylic acid groups (broad SMARTS) is 1. The molecule has 2 aromatic carbocycles. The predicted molar refractivity (Wildman–Crippen MR) is 205 cm³/mol. The van der Waals surface area contributed by atoms with Crippen LogP contribution in [0.4, 0.5) is 46.4 Å². The molecule has 292 valence electrons. The molecule has 2 aromatic heterocycles. The van der Waals surface area contributed by atoms with Crippen molar-refractivity contribution in [3.63, 3.8) is 0 Å². The van der Waals surface area contributed by atoms with Crippen LogP contribution in [0.15, 0.2) is 41.3 Å². The number of hydrogen-bond donors (Lipinski definition) is 3. The van der Waals surface area contributed by atoms with Gasteiger partial charge in [0, 0.05) is 81.2 Å². The number of aliphatic carboxylic acids is 1. The zero-order chi connectivity index (χ0) is 39.4. The normalized spacial score (nSPS) is 16.1. The third-order valence-corrected chi connectivity index (χ3v) is 11.5. The molecular formula is C35H43BrF4N9O4P. The minimum atomic E-state index is -5.08. The van der Waals surface area contributed by atoms with Crippen molar-refractivity contribution in [2.75, 3.05) is 82.3 Å². The molecule has 54 heavy (non-hydrogen) atoms. The van der Waals surface area contributed by atoms with Gasteiger partial charge < -0.3 is 34.8 Å². The Balaban J connectivity index is 0.000000730. The molecule has 0 amide bonds. The van der Waals surface area contributed by atoms with Crippen molar-refractivity contribution in [2.45, 2.75) is 38.4 Å². The number of fused-ring (bicyclic) bond motifs is 1. The number of anilines is 5. The summed E-state index contributed by atoms with van der Waals surface area (Å²) in [5.74, 6) is -2.17. The lowest BCUT2D eigenvalue weighted by atomic mass is 9.99. The van der Waals surface area contributed by atoms with Gasteiger partial charge in [0.25, 0.3) is 0 Å². The molecule has 0 atom stereocenters. The number of carboxylic acids is 1. The highest BCUT2D eigenvalue weighted by Crippen LogP contribution is 2.42. The van der Waals surface area contributed by atoms with Gasteiger partial charge in [-0.2, -0.15) is 18.2 Å². The lowest BCUT2D eigenvalue weighted by Crippen LogP contribution is -2.52. The van der Waals surface area contributed by atoms with Crippen LogP contribution in [0.2, 0.25) is 0 Å². The van der Waals surface area contributed by atoms with E-state index in [4.69, 9.17) is 14.6 Å². The highest BCUT2D eigenvalue weighted by Gasteiger charge is 2.38. The molecule has 0 bridgehead atoms. The number of piperazine rings is 1. The Kier molecular flexibility index (Phi) is 13.0. The molecule has 13 nitrogen and oxygen atoms in total. The van der Waals surface area contributed by atoms with E-state index in [0.29, 0.717) is 56.1 Å². The Hall–Kier alpha value is -4.12. The Morgan fingerprint density at radius 1 is 1.06 bits per heavy atom. The number of rotatable bonds is 9. The van der Waals surface area contributed by atoms with Crippen LogP contribution in [0.3, 0.4) is 0 Å². The zero-order valence-corrected chi connectivity index (χ0v) is 33.0. The Labute approximate surface area is 319 Å². The van der Waals surface area contributed by atoms with Crippen LogP contribution in [-0.2, 0) is 15.8 Å². The zero-order valence-electron chi connectivity index (χ0n) is 30.5. The van der Waals surface area contributed by atoms with E-state index < -0.39 is 19.3 Å². The smallest absolute Gasteiger partial charge is 0.490 e. The molecule has 0 radical (unpaired) electrons. The van der Waals surface area contributed by atoms with E-state index >= 15 is 4.39 Å². The predicted octanol–water partition coefficient (Wildman–Crippen LogP) is 6.48. The molecule has 0 aliphatic carbocycles. The first kappa shape index (κ1) is 41.1. The summed E-state index contributed by atoms with van der Waals surface area (Å²) in [7, 11) is 0.935. The van der Waals surface area contributed by atoms with E-state index in [1.165, 1.54) is 0 Å². The van der Waals surface area contributed by atoms with Crippen molar-refractivity contribution >= 4 is 74.2 Å². The Bertz CT molecular complexity index is 2020. The molecule has 2 saturated heterocycles. The van der Waals surface area contributed by atoms with E-state index in [-0.39, 0.29) is 17.5 Å². The molecule has 0 spiro atoms. The number of halogens is 5. The summed E-state index contributed by atoms with van der Waals surface area (Å²) >= 11 is 3.53. The molecule has 4 aromatic rings. The van der Waals surface area contributed by atoms with Crippen LogP contribution in [0.5, 0.6) is 5.75 Å². The maximum atomic E-state index is 16.4. The fourth-order valence-corrected chi connectivity index (χ4v) is 8.32. The number of piperidine rings is 1. The highest BCUT2D eigenvalue weighted by atomic mass is 79.9. The fourth-order valence-electron chi connectivity index (χ4n) is 6.63. The average molecular weight is 841 g/mol. The summed E-state index contributed by atoms with van der Waals surface area (Å²) < 4.78 is 67.8. The van der Waals surface area contributed by atoms with Gasteiger partial charge in [-0.25, -0.2) is 14.2 Å². The number of ether oxygens (including phenoxy) is 1. The summed E-state index contributed by atoms with van der Waals surface area (Å²) in [4.78, 5) is 34.1. The topological polar surface area (TPSA) is 149 Å². The largest absolute Gasteiger partial charge is 0.494 e. The van der Waals surface area contributed by atoms with E-state index in [1.807, 2.05) is 25.1 Å². The summed E-state index contributed by atoms with van der Waals surface area (Å²) in [5.41, 5.74) is 3.50. The summed E-state index contributed by atoms with van der Waals surface area (Å²) in [6, 6.07) is 6.13. The number of aromatic nitrogens is 4. The maximum absolute atomic E-state index is 16.4. The van der Waals surface area contributed by atoms with Gasteiger partial charge in [0.15, 0.2) is 5.82 Å². The molecule has 0 unspecified atom stereocenters. The summed E-state index contributed by atoms with van der Waals surface area (Å²) in [6.45, 7) is 11.5. The number of benzene rings is 2. The van der Waals surface area contributed by atoms with Gasteiger partial charge in [-0.05, 0) is 67.7 Å². The van der Waals surface area contributed by atoms with Crippen molar-refractivity contribution in [3.8, 4) is 5.75 Å². The number of alkyl halides is 3.